The number of halogens is 1. The molecule has 0 saturated heterocycles. The number of hydrogen-bond acceptors (Lipinski definition) is 4. The lowest BCUT2D eigenvalue weighted by Crippen LogP contribution is -2.42. The predicted molar refractivity (Wildman–Crippen MR) is 70.9 cm³/mol. The second-order valence-corrected chi connectivity index (χ2v) is 5.11. The smallest absolute Gasteiger partial charge is 0.270 e. The quantitative estimate of drug-likeness (QED) is 0.639. The van der Waals surface area contributed by atoms with Gasteiger partial charge < -0.3 is 10.1 Å². The molecular formula is C12H17ClN2O3. The minimum absolute atomic E-state index is 0.0000910. The van der Waals surface area contributed by atoms with Crippen LogP contribution in [0.15, 0.2) is 18.2 Å². The fraction of sp³-hybridized carbons (Fsp3) is 0.500. The first-order valence-corrected chi connectivity index (χ1v) is 5.90. The maximum Gasteiger partial charge on any atom is 0.270 e. The fourth-order valence-electron chi connectivity index (χ4n) is 1.54. The van der Waals surface area contributed by atoms with Gasteiger partial charge in [-0.25, -0.2) is 0 Å². The highest BCUT2D eigenvalue weighted by molar-refractivity contribution is 6.31. The van der Waals surface area contributed by atoms with E-state index in [1.54, 1.807) is 13.2 Å². The van der Waals surface area contributed by atoms with Crippen LogP contribution in [0.4, 0.5) is 5.69 Å². The molecule has 0 heterocycles. The lowest BCUT2D eigenvalue weighted by atomic mass is 10.1. The van der Waals surface area contributed by atoms with Crippen LogP contribution in [0.5, 0.6) is 0 Å². The number of nitrogens with zero attached hydrogens (tertiary/aromatic N) is 1. The molecule has 0 aliphatic heterocycles. The Kier molecular flexibility index (Phi) is 5.07. The highest BCUT2D eigenvalue weighted by Crippen LogP contribution is 2.22. The molecule has 0 aliphatic carbocycles. The Labute approximate surface area is 111 Å². The number of nitrogens with one attached hydrogen (secondary N) is 1. The summed E-state index contributed by atoms with van der Waals surface area (Å²) in [5.74, 6) is 0. The Morgan fingerprint density at radius 3 is 2.67 bits per heavy atom. The normalized spacial score (nSPS) is 11.6. The van der Waals surface area contributed by atoms with E-state index in [9.17, 15) is 10.1 Å². The maximum absolute atomic E-state index is 10.6. The van der Waals surface area contributed by atoms with Crippen LogP contribution in [0.2, 0.25) is 5.02 Å². The number of ether oxygens (including phenoxy) is 1. The van der Waals surface area contributed by atoms with E-state index in [2.05, 4.69) is 5.32 Å². The number of benzene rings is 1. The molecule has 0 radical (unpaired) electrons. The van der Waals surface area contributed by atoms with E-state index in [0.29, 0.717) is 18.2 Å². The van der Waals surface area contributed by atoms with Crippen LogP contribution in [0.3, 0.4) is 0 Å². The van der Waals surface area contributed by atoms with Crippen molar-refractivity contribution in [2.45, 2.75) is 25.9 Å². The van der Waals surface area contributed by atoms with Gasteiger partial charge in [0.05, 0.1) is 16.6 Å². The van der Waals surface area contributed by atoms with Crippen molar-refractivity contribution in [3.05, 3.63) is 38.9 Å². The summed E-state index contributed by atoms with van der Waals surface area (Å²) in [5, 5.41) is 14.3. The molecule has 1 aromatic carbocycles. The third kappa shape index (κ3) is 4.25. The molecule has 0 atom stereocenters. The first-order valence-electron chi connectivity index (χ1n) is 5.52. The Morgan fingerprint density at radius 1 is 1.50 bits per heavy atom. The summed E-state index contributed by atoms with van der Waals surface area (Å²) in [5.41, 5.74) is 0.645. The number of rotatable bonds is 6. The van der Waals surface area contributed by atoms with Crippen molar-refractivity contribution in [3.8, 4) is 0 Å². The van der Waals surface area contributed by atoms with Crippen LogP contribution in [-0.4, -0.2) is 24.2 Å². The molecule has 1 aromatic rings. The molecule has 0 aromatic heterocycles. The Morgan fingerprint density at radius 2 is 2.17 bits per heavy atom. The van der Waals surface area contributed by atoms with E-state index >= 15 is 0 Å². The molecule has 5 nitrogen and oxygen atoms in total. The molecule has 0 saturated carbocycles. The Bertz CT molecular complexity index is 435. The zero-order valence-corrected chi connectivity index (χ0v) is 11.5. The van der Waals surface area contributed by atoms with E-state index in [-0.39, 0.29) is 11.2 Å². The van der Waals surface area contributed by atoms with Crippen LogP contribution in [0.25, 0.3) is 0 Å². The zero-order valence-electron chi connectivity index (χ0n) is 10.7. The van der Waals surface area contributed by atoms with Crippen molar-refractivity contribution in [2.75, 3.05) is 13.7 Å². The first-order chi connectivity index (χ1) is 8.35. The summed E-state index contributed by atoms with van der Waals surface area (Å²) in [6.07, 6.45) is 0. The molecule has 0 amide bonds. The van der Waals surface area contributed by atoms with Gasteiger partial charge in [-0.3, -0.25) is 10.1 Å². The van der Waals surface area contributed by atoms with Gasteiger partial charge in [0.15, 0.2) is 0 Å². The molecule has 6 heteroatoms. The van der Waals surface area contributed by atoms with Gasteiger partial charge in [-0.05, 0) is 25.5 Å². The predicted octanol–water partition coefficient (Wildman–Crippen LogP) is 2.76. The third-order valence-electron chi connectivity index (χ3n) is 2.51. The molecule has 18 heavy (non-hydrogen) atoms. The van der Waals surface area contributed by atoms with E-state index in [4.69, 9.17) is 16.3 Å². The summed E-state index contributed by atoms with van der Waals surface area (Å²) < 4.78 is 5.09. The van der Waals surface area contributed by atoms with Gasteiger partial charge >= 0.3 is 0 Å². The highest BCUT2D eigenvalue weighted by Gasteiger charge is 2.17. The Balaban J connectivity index is 2.71. The standard InChI is InChI=1S/C12H17ClN2O3/c1-12(2,8-18-3)14-7-9-4-5-10(15(16)17)6-11(9)13/h4-6,14H,7-8H2,1-3H3. The van der Waals surface area contributed by atoms with Crippen LogP contribution in [-0.2, 0) is 11.3 Å². The van der Waals surface area contributed by atoms with Crippen LogP contribution < -0.4 is 5.32 Å². The maximum atomic E-state index is 10.6. The van der Waals surface area contributed by atoms with Gasteiger partial charge in [0.2, 0.25) is 0 Å². The number of methoxy groups -OCH3 is 1. The Hall–Kier alpha value is -1.17. The van der Waals surface area contributed by atoms with Gasteiger partial charge in [0.25, 0.3) is 5.69 Å². The van der Waals surface area contributed by atoms with Crippen molar-refractivity contribution < 1.29 is 9.66 Å². The monoisotopic (exact) mass is 272 g/mol. The average molecular weight is 273 g/mol. The van der Waals surface area contributed by atoms with Crippen LogP contribution in [0.1, 0.15) is 19.4 Å². The minimum atomic E-state index is -0.460. The SMILES string of the molecule is COCC(C)(C)NCc1ccc([N+](=O)[O-])cc1Cl. The van der Waals surface area contributed by atoms with Gasteiger partial charge in [-0.15, -0.1) is 0 Å². The van der Waals surface area contributed by atoms with Gasteiger partial charge in [-0.1, -0.05) is 11.6 Å². The van der Waals surface area contributed by atoms with Crippen molar-refractivity contribution >= 4 is 17.3 Å². The third-order valence-corrected chi connectivity index (χ3v) is 2.86. The minimum Gasteiger partial charge on any atom is -0.383 e. The average Bonchev–Trinajstić information content (AvgIpc) is 2.27. The summed E-state index contributed by atoms with van der Waals surface area (Å²) in [7, 11) is 1.64. The van der Waals surface area contributed by atoms with E-state index in [1.807, 2.05) is 13.8 Å². The highest BCUT2D eigenvalue weighted by atomic mass is 35.5. The lowest BCUT2D eigenvalue weighted by Gasteiger charge is -2.25. The second kappa shape index (κ2) is 6.13. The van der Waals surface area contributed by atoms with E-state index < -0.39 is 4.92 Å². The van der Waals surface area contributed by atoms with Gasteiger partial charge in [0, 0.05) is 31.3 Å². The lowest BCUT2D eigenvalue weighted by molar-refractivity contribution is -0.384. The number of non-ortho nitro benzene ring substituents is 1. The van der Waals surface area contributed by atoms with Crippen molar-refractivity contribution in [1.29, 1.82) is 0 Å². The van der Waals surface area contributed by atoms with Gasteiger partial charge in [0.1, 0.15) is 0 Å². The van der Waals surface area contributed by atoms with E-state index in [0.717, 1.165) is 5.56 Å². The van der Waals surface area contributed by atoms with Gasteiger partial charge in [-0.2, -0.15) is 0 Å². The fourth-order valence-corrected chi connectivity index (χ4v) is 1.78. The molecule has 0 aliphatic rings. The topological polar surface area (TPSA) is 64.4 Å². The molecular weight excluding hydrogens is 256 g/mol. The summed E-state index contributed by atoms with van der Waals surface area (Å²) >= 11 is 6.00. The number of nitro benzene ring substituents is 1. The van der Waals surface area contributed by atoms with Crippen molar-refractivity contribution in [3.63, 3.8) is 0 Å². The van der Waals surface area contributed by atoms with Crippen LogP contribution in [0, 0.1) is 10.1 Å². The number of hydrogen-bond donors (Lipinski definition) is 1. The molecule has 1 rings (SSSR count). The zero-order chi connectivity index (χ0) is 13.8. The first kappa shape index (κ1) is 14.9. The van der Waals surface area contributed by atoms with Crippen molar-refractivity contribution in [2.24, 2.45) is 0 Å². The second-order valence-electron chi connectivity index (χ2n) is 4.70. The molecule has 100 valence electrons. The largest absolute Gasteiger partial charge is 0.383 e. The summed E-state index contributed by atoms with van der Waals surface area (Å²) in [4.78, 5) is 10.1. The molecule has 0 bridgehead atoms. The van der Waals surface area contributed by atoms with Crippen LogP contribution >= 0.6 is 11.6 Å². The number of nitro groups is 1. The van der Waals surface area contributed by atoms with Crippen molar-refractivity contribution in [1.82, 2.24) is 5.32 Å². The molecule has 1 N–H and O–H groups in total. The summed E-state index contributed by atoms with van der Waals surface area (Å²) in [6.45, 7) is 5.12. The molecule has 0 spiro atoms. The van der Waals surface area contributed by atoms with E-state index in [1.165, 1.54) is 12.1 Å². The molecule has 0 fully saturated rings. The molecule has 0 unspecified atom stereocenters. The summed E-state index contributed by atoms with van der Waals surface area (Å²) in [6, 6.07) is 4.48.